The lowest BCUT2D eigenvalue weighted by Crippen LogP contribution is -2.14. The standard InChI is InChI=1S/C17H19Cl2N3O/c1-2-3-4-9-20-12-8-10-21-15(11-12)17(23)22-14-7-5-6-13(18)16(14)19/h5-8,10-11H,2-4,9H2,1H3,(H,20,21)(H,22,23). The predicted octanol–water partition coefficient (Wildman–Crippen LogP) is 5.24. The van der Waals surface area contributed by atoms with E-state index in [0.717, 1.165) is 18.7 Å². The van der Waals surface area contributed by atoms with Crippen LogP contribution >= 0.6 is 23.2 Å². The molecule has 0 aliphatic carbocycles. The number of benzene rings is 1. The molecule has 0 aliphatic rings. The summed E-state index contributed by atoms with van der Waals surface area (Å²) in [5, 5.41) is 6.73. The van der Waals surface area contributed by atoms with Crippen molar-refractivity contribution in [2.75, 3.05) is 17.2 Å². The van der Waals surface area contributed by atoms with E-state index in [4.69, 9.17) is 23.2 Å². The lowest BCUT2D eigenvalue weighted by molar-refractivity contribution is 0.102. The average molecular weight is 352 g/mol. The molecule has 2 aromatic rings. The van der Waals surface area contributed by atoms with Crippen LogP contribution in [0.4, 0.5) is 11.4 Å². The Labute approximate surface area is 146 Å². The van der Waals surface area contributed by atoms with Crippen LogP contribution in [0.25, 0.3) is 0 Å². The molecule has 2 N–H and O–H groups in total. The third kappa shape index (κ3) is 5.12. The molecule has 0 spiro atoms. The molecule has 1 heterocycles. The van der Waals surface area contributed by atoms with Gasteiger partial charge in [-0.15, -0.1) is 0 Å². The highest BCUT2D eigenvalue weighted by Gasteiger charge is 2.11. The Balaban J connectivity index is 2.03. The Bertz CT molecular complexity index is 677. The topological polar surface area (TPSA) is 54.0 Å². The molecule has 0 aliphatic heterocycles. The largest absolute Gasteiger partial charge is 0.385 e. The fourth-order valence-electron chi connectivity index (χ4n) is 2.06. The van der Waals surface area contributed by atoms with Gasteiger partial charge in [-0.25, -0.2) is 0 Å². The summed E-state index contributed by atoms with van der Waals surface area (Å²) in [5.41, 5.74) is 1.66. The van der Waals surface area contributed by atoms with Crippen molar-refractivity contribution in [2.45, 2.75) is 26.2 Å². The quantitative estimate of drug-likeness (QED) is 0.670. The fourth-order valence-corrected chi connectivity index (χ4v) is 2.41. The van der Waals surface area contributed by atoms with Crippen LogP contribution in [-0.2, 0) is 0 Å². The summed E-state index contributed by atoms with van der Waals surface area (Å²) in [6.07, 6.45) is 5.06. The third-order valence-corrected chi connectivity index (χ3v) is 4.12. The van der Waals surface area contributed by atoms with Crippen LogP contribution in [0.1, 0.15) is 36.7 Å². The second kappa shape index (κ2) is 8.75. The second-order valence-corrected chi connectivity index (χ2v) is 5.90. The molecule has 23 heavy (non-hydrogen) atoms. The summed E-state index contributed by atoms with van der Waals surface area (Å²) >= 11 is 12.0. The molecule has 1 amide bonds. The summed E-state index contributed by atoms with van der Waals surface area (Å²) in [4.78, 5) is 16.4. The minimum atomic E-state index is -0.327. The maximum atomic E-state index is 12.3. The van der Waals surface area contributed by atoms with E-state index < -0.39 is 0 Å². The molecule has 0 radical (unpaired) electrons. The van der Waals surface area contributed by atoms with Gasteiger partial charge in [0.2, 0.25) is 0 Å². The molecule has 122 valence electrons. The van der Waals surface area contributed by atoms with Crippen LogP contribution in [0, 0.1) is 0 Å². The second-order valence-electron chi connectivity index (χ2n) is 5.12. The van der Waals surface area contributed by atoms with Gasteiger partial charge in [0.15, 0.2) is 0 Å². The van der Waals surface area contributed by atoms with Crippen LogP contribution in [0.5, 0.6) is 0 Å². The Morgan fingerprint density at radius 2 is 2.04 bits per heavy atom. The van der Waals surface area contributed by atoms with E-state index in [1.54, 1.807) is 30.5 Å². The smallest absolute Gasteiger partial charge is 0.274 e. The molecule has 0 unspecified atom stereocenters. The number of hydrogen-bond acceptors (Lipinski definition) is 3. The Kier molecular flexibility index (Phi) is 6.68. The van der Waals surface area contributed by atoms with Crippen LogP contribution in [0.3, 0.4) is 0 Å². The van der Waals surface area contributed by atoms with Gasteiger partial charge < -0.3 is 10.6 Å². The van der Waals surface area contributed by atoms with Crippen LogP contribution in [-0.4, -0.2) is 17.4 Å². The molecule has 2 rings (SSSR count). The number of hydrogen-bond donors (Lipinski definition) is 2. The van der Waals surface area contributed by atoms with Gasteiger partial charge in [-0.1, -0.05) is 49.0 Å². The van der Waals surface area contributed by atoms with Crippen molar-refractivity contribution >= 4 is 40.5 Å². The van der Waals surface area contributed by atoms with Gasteiger partial charge in [0, 0.05) is 18.4 Å². The van der Waals surface area contributed by atoms with Gasteiger partial charge in [-0.2, -0.15) is 0 Å². The minimum absolute atomic E-state index is 0.316. The number of aromatic nitrogens is 1. The maximum Gasteiger partial charge on any atom is 0.274 e. The zero-order chi connectivity index (χ0) is 16.7. The van der Waals surface area contributed by atoms with Crippen LogP contribution < -0.4 is 10.6 Å². The van der Waals surface area contributed by atoms with E-state index in [-0.39, 0.29) is 5.91 Å². The summed E-state index contributed by atoms with van der Waals surface area (Å²) in [7, 11) is 0. The van der Waals surface area contributed by atoms with E-state index in [1.807, 2.05) is 6.07 Å². The highest BCUT2D eigenvalue weighted by molar-refractivity contribution is 6.44. The van der Waals surface area contributed by atoms with E-state index in [1.165, 1.54) is 12.8 Å². The molecule has 4 nitrogen and oxygen atoms in total. The number of unbranched alkanes of at least 4 members (excludes halogenated alkanes) is 2. The Morgan fingerprint density at radius 3 is 2.83 bits per heavy atom. The van der Waals surface area contributed by atoms with E-state index in [9.17, 15) is 4.79 Å². The molecule has 6 heteroatoms. The zero-order valence-corrected chi connectivity index (χ0v) is 14.4. The molecule has 1 aromatic carbocycles. The van der Waals surface area contributed by atoms with Crippen molar-refractivity contribution in [1.82, 2.24) is 4.98 Å². The number of rotatable bonds is 7. The SMILES string of the molecule is CCCCCNc1ccnc(C(=O)Nc2cccc(Cl)c2Cl)c1. The molecule has 0 bridgehead atoms. The first-order chi connectivity index (χ1) is 11.1. The van der Waals surface area contributed by atoms with E-state index in [2.05, 4.69) is 22.5 Å². The third-order valence-electron chi connectivity index (χ3n) is 3.30. The number of halogens is 2. The highest BCUT2D eigenvalue weighted by atomic mass is 35.5. The monoisotopic (exact) mass is 351 g/mol. The zero-order valence-electron chi connectivity index (χ0n) is 12.9. The summed E-state index contributed by atoms with van der Waals surface area (Å²) in [6, 6.07) is 8.65. The maximum absolute atomic E-state index is 12.3. The lowest BCUT2D eigenvalue weighted by Gasteiger charge is -2.09. The minimum Gasteiger partial charge on any atom is -0.385 e. The van der Waals surface area contributed by atoms with Crippen molar-refractivity contribution < 1.29 is 4.79 Å². The molecule has 0 saturated carbocycles. The van der Waals surface area contributed by atoms with Crippen molar-refractivity contribution in [3.05, 3.63) is 52.3 Å². The van der Waals surface area contributed by atoms with Crippen LogP contribution in [0.2, 0.25) is 10.0 Å². The van der Waals surface area contributed by atoms with Gasteiger partial charge >= 0.3 is 0 Å². The van der Waals surface area contributed by atoms with Crippen molar-refractivity contribution in [1.29, 1.82) is 0 Å². The van der Waals surface area contributed by atoms with Gasteiger partial charge in [0.1, 0.15) is 5.69 Å². The molecule has 0 fully saturated rings. The summed E-state index contributed by atoms with van der Waals surface area (Å²) in [5.74, 6) is -0.327. The van der Waals surface area contributed by atoms with Crippen molar-refractivity contribution in [2.24, 2.45) is 0 Å². The number of carbonyl (C=O) groups excluding carboxylic acids is 1. The average Bonchev–Trinajstić information content (AvgIpc) is 2.56. The summed E-state index contributed by atoms with van der Waals surface area (Å²) in [6.45, 7) is 3.04. The van der Waals surface area contributed by atoms with E-state index >= 15 is 0 Å². The molecule has 0 atom stereocenters. The first-order valence-corrected chi connectivity index (χ1v) is 8.32. The van der Waals surface area contributed by atoms with Crippen molar-refractivity contribution in [3.63, 3.8) is 0 Å². The van der Waals surface area contributed by atoms with Gasteiger partial charge in [0.05, 0.1) is 15.7 Å². The first-order valence-electron chi connectivity index (χ1n) is 7.57. The first kappa shape index (κ1) is 17.6. The fraction of sp³-hybridized carbons (Fsp3) is 0.294. The highest BCUT2D eigenvalue weighted by Crippen LogP contribution is 2.29. The normalized spacial score (nSPS) is 10.4. The Morgan fingerprint density at radius 1 is 1.22 bits per heavy atom. The number of pyridine rings is 1. The number of anilines is 2. The molecule has 0 saturated heterocycles. The van der Waals surface area contributed by atoms with Crippen LogP contribution in [0.15, 0.2) is 36.5 Å². The van der Waals surface area contributed by atoms with Gasteiger partial charge in [-0.05, 0) is 30.7 Å². The number of amides is 1. The molecular formula is C17H19Cl2N3O. The number of carbonyl (C=O) groups is 1. The summed E-state index contributed by atoms with van der Waals surface area (Å²) < 4.78 is 0. The number of nitrogens with one attached hydrogen (secondary N) is 2. The Hall–Kier alpha value is -1.78. The number of nitrogens with zero attached hydrogens (tertiary/aromatic N) is 1. The van der Waals surface area contributed by atoms with Gasteiger partial charge in [-0.3, -0.25) is 9.78 Å². The van der Waals surface area contributed by atoms with Crippen molar-refractivity contribution in [3.8, 4) is 0 Å². The predicted molar refractivity (Wildman–Crippen MR) is 96.7 cm³/mol. The van der Waals surface area contributed by atoms with E-state index in [0.29, 0.717) is 21.4 Å². The molecule has 1 aromatic heterocycles. The molecular weight excluding hydrogens is 333 g/mol. The lowest BCUT2D eigenvalue weighted by atomic mass is 10.2. The van der Waals surface area contributed by atoms with Gasteiger partial charge in [0.25, 0.3) is 5.91 Å².